The SMILES string of the molecule is CCOC(=O)CC(O)CNC(C)Cc1cccs1. The zero-order valence-electron chi connectivity index (χ0n) is 10.9. The number of esters is 1. The van der Waals surface area contributed by atoms with Gasteiger partial charge in [-0.2, -0.15) is 0 Å². The van der Waals surface area contributed by atoms with Crippen molar-refractivity contribution in [2.24, 2.45) is 0 Å². The molecule has 0 aromatic carbocycles. The van der Waals surface area contributed by atoms with Crippen LogP contribution in [0.4, 0.5) is 0 Å². The molecule has 0 bridgehead atoms. The summed E-state index contributed by atoms with van der Waals surface area (Å²) in [6.07, 6.45) is 0.297. The van der Waals surface area contributed by atoms with E-state index in [-0.39, 0.29) is 18.4 Å². The molecule has 2 N–H and O–H groups in total. The van der Waals surface area contributed by atoms with Crippen molar-refractivity contribution in [3.63, 3.8) is 0 Å². The molecule has 0 saturated heterocycles. The molecule has 2 atom stereocenters. The Morgan fingerprint density at radius 1 is 1.61 bits per heavy atom. The molecule has 1 aromatic rings. The third kappa shape index (κ3) is 6.14. The van der Waals surface area contributed by atoms with E-state index < -0.39 is 6.10 Å². The molecule has 1 rings (SSSR count). The molecule has 5 heteroatoms. The average molecular weight is 271 g/mol. The first kappa shape index (κ1) is 15.1. The maximum absolute atomic E-state index is 11.1. The highest BCUT2D eigenvalue weighted by Gasteiger charge is 2.13. The van der Waals surface area contributed by atoms with Crippen molar-refractivity contribution in [3.05, 3.63) is 22.4 Å². The molecule has 0 spiro atoms. The van der Waals surface area contributed by atoms with Gasteiger partial charge in [0.1, 0.15) is 0 Å². The molecule has 0 fully saturated rings. The monoisotopic (exact) mass is 271 g/mol. The molecular formula is C13H21NO3S. The Hall–Kier alpha value is -0.910. The van der Waals surface area contributed by atoms with Crippen molar-refractivity contribution in [2.45, 2.75) is 38.8 Å². The molecule has 0 aliphatic rings. The molecule has 1 heterocycles. The maximum atomic E-state index is 11.1. The van der Waals surface area contributed by atoms with E-state index in [1.165, 1.54) is 4.88 Å². The van der Waals surface area contributed by atoms with Crippen LogP contribution in [-0.4, -0.2) is 36.4 Å². The average Bonchev–Trinajstić information content (AvgIpc) is 2.79. The number of thiophene rings is 1. The number of aliphatic hydroxyl groups is 1. The van der Waals surface area contributed by atoms with Crippen LogP contribution in [-0.2, 0) is 16.0 Å². The van der Waals surface area contributed by atoms with E-state index in [9.17, 15) is 9.90 Å². The van der Waals surface area contributed by atoms with Crippen LogP contribution in [0.5, 0.6) is 0 Å². The molecule has 0 amide bonds. The lowest BCUT2D eigenvalue weighted by molar-refractivity contribution is -0.145. The summed E-state index contributed by atoms with van der Waals surface area (Å²) in [7, 11) is 0. The highest BCUT2D eigenvalue weighted by atomic mass is 32.1. The molecule has 0 saturated carbocycles. The standard InChI is InChI=1S/C13H21NO3S/c1-3-17-13(16)8-11(15)9-14-10(2)7-12-5-4-6-18-12/h4-6,10-11,14-15H,3,7-9H2,1-2H3. The fourth-order valence-electron chi connectivity index (χ4n) is 1.62. The Labute approximate surface area is 112 Å². The number of carbonyl (C=O) groups excluding carboxylic acids is 1. The lowest BCUT2D eigenvalue weighted by Crippen LogP contribution is -2.36. The topological polar surface area (TPSA) is 58.6 Å². The molecule has 4 nitrogen and oxygen atoms in total. The van der Waals surface area contributed by atoms with Gasteiger partial charge >= 0.3 is 5.97 Å². The first-order valence-corrected chi connectivity index (χ1v) is 7.09. The summed E-state index contributed by atoms with van der Waals surface area (Å²) in [5.41, 5.74) is 0. The second-order valence-electron chi connectivity index (χ2n) is 4.26. The third-order valence-electron chi connectivity index (χ3n) is 2.50. The second-order valence-corrected chi connectivity index (χ2v) is 5.29. The van der Waals surface area contributed by atoms with Crippen LogP contribution < -0.4 is 5.32 Å². The minimum atomic E-state index is -0.685. The van der Waals surface area contributed by atoms with Crippen molar-refractivity contribution in [1.82, 2.24) is 5.32 Å². The fraction of sp³-hybridized carbons (Fsp3) is 0.615. The minimum Gasteiger partial charge on any atom is -0.466 e. The van der Waals surface area contributed by atoms with E-state index in [1.54, 1.807) is 18.3 Å². The zero-order chi connectivity index (χ0) is 13.4. The van der Waals surface area contributed by atoms with Crippen LogP contribution in [0.3, 0.4) is 0 Å². The minimum absolute atomic E-state index is 0.0482. The largest absolute Gasteiger partial charge is 0.466 e. The summed E-state index contributed by atoms with van der Waals surface area (Å²) >= 11 is 1.73. The number of ether oxygens (including phenoxy) is 1. The lowest BCUT2D eigenvalue weighted by atomic mass is 10.2. The predicted molar refractivity (Wildman–Crippen MR) is 72.7 cm³/mol. The third-order valence-corrected chi connectivity index (χ3v) is 3.40. The number of nitrogens with one attached hydrogen (secondary N) is 1. The van der Waals surface area contributed by atoms with Gasteiger partial charge in [0.15, 0.2) is 0 Å². The Kier molecular flexibility index (Phi) is 6.93. The van der Waals surface area contributed by atoms with E-state index in [2.05, 4.69) is 23.7 Å². The van der Waals surface area contributed by atoms with Crippen LogP contribution >= 0.6 is 11.3 Å². The van der Waals surface area contributed by atoms with E-state index >= 15 is 0 Å². The number of carbonyl (C=O) groups is 1. The lowest BCUT2D eigenvalue weighted by Gasteiger charge is -2.16. The van der Waals surface area contributed by atoms with Crippen LogP contribution in [0.25, 0.3) is 0 Å². The van der Waals surface area contributed by atoms with Gasteiger partial charge in [-0.3, -0.25) is 4.79 Å². The summed E-state index contributed by atoms with van der Waals surface area (Å²) in [5.74, 6) is -0.349. The van der Waals surface area contributed by atoms with Crippen LogP contribution in [0.1, 0.15) is 25.1 Å². The normalized spacial score (nSPS) is 14.2. The first-order chi connectivity index (χ1) is 8.61. The van der Waals surface area contributed by atoms with Crippen LogP contribution in [0, 0.1) is 0 Å². The molecule has 2 unspecified atom stereocenters. The molecular weight excluding hydrogens is 250 g/mol. The van der Waals surface area contributed by atoms with Gasteiger partial charge in [0.05, 0.1) is 19.1 Å². The van der Waals surface area contributed by atoms with Gasteiger partial charge in [-0.15, -0.1) is 11.3 Å². The highest BCUT2D eigenvalue weighted by Crippen LogP contribution is 2.10. The predicted octanol–water partition coefficient (Wildman–Crippen LogP) is 1.58. The van der Waals surface area contributed by atoms with Crippen molar-refractivity contribution in [2.75, 3.05) is 13.2 Å². The van der Waals surface area contributed by atoms with Gasteiger partial charge in [-0.05, 0) is 31.7 Å². The molecule has 18 heavy (non-hydrogen) atoms. The van der Waals surface area contributed by atoms with Gasteiger partial charge in [0, 0.05) is 17.5 Å². The van der Waals surface area contributed by atoms with Crippen molar-refractivity contribution in [1.29, 1.82) is 0 Å². The Morgan fingerprint density at radius 3 is 3.00 bits per heavy atom. The number of hydrogen-bond donors (Lipinski definition) is 2. The quantitative estimate of drug-likeness (QED) is 0.705. The fourth-order valence-corrected chi connectivity index (χ4v) is 2.46. The van der Waals surface area contributed by atoms with Crippen LogP contribution in [0.15, 0.2) is 17.5 Å². The Morgan fingerprint density at radius 2 is 2.39 bits per heavy atom. The van der Waals surface area contributed by atoms with E-state index in [1.807, 2.05) is 6.07 Å². The maximum Gasteiger partial charge on any atom is 0.308 e. The van der Waals surface area contributed by atoms with Crippen molar-refractivity contribution >= 4 is 17.3 Å². The zero-order valence-corrected chi connectivity index (χ0v) is 11.7. The molecule has 0 radical (unpaired) electrons. The molecule has 1 aromatic heterocycles. The van der Waals surface area contributed by atoms with E-state index in [0.29, 0.717) is 13.2 Å². The Bertz CT molecular complexity index is 340. The number of aliphatic hydroxyl groups excluding tert-OH is 1. The number of hydrogen-bond acceptors (Lipinski definition) is 5. The summed E-state index contributed by atoms with van der Waals surface area (Å²) in [4.78, 5) is 12.5. The second kappa shape index (κ2) is 8.24. The molecule has 102 valence electrons. The van der Waals surface area contributed by atoms with Gasteiger partial charge in [-0.25, -0.2) is 0 Å². The van der Waals surface area contributed by atoms with E-state index in [0.717, 1.165) is 6.42 Å². The molecule has 0 aliphatic carbocycles. The van der Waals surface area contributed by atoms with E-state index in [4.69, 9.17) is 4.74 Å². The smallest absolute Gasteiger partial charge is 0.308 e. The summed E-state index contributed by atoms with van der Waals surface area (Å²) in [5, 5.41) is 14.9. The Balaban J connectivity index is 2.17. The van der Waals surface area contributed by atoms with Crippen LogP contribution in [0.2, 0.25) is 0 Å². The van der Waals surface area contributed by atoms with Gasteiger partial charge in [0.2, 0.25) is 0 Å². The number of rotatable bonds is 8. The van der Waals surface area contributed by atoms with Crippen molar-refractivity contribution in [3.8, 4) is 0 Å². The molecule has 0 aliphatic heterocycles. The van der Waals surface area contributed by atoms with Gasteiger partial charge in [-0.1, -0.05) is 6.07 Å². The summed E-state index contributed by atoms with van der Waals surface area (Å²) in [6.45, 7) is 4.58. The van der Waals surface area contributed by atoms with Crippen molar-refractivity contribution < 1.29 is 14.6 Å². The van der Waals surface area contributed by atoms with Gasteiger partial charge in [0.25, 0.3) is 0 Å². The summed E-state index contributed by atoms with van der Waals surface area (Å²) in [6, 6.07) is 4.40. The first-order valence-electron chi connectivity index (χ1n) is 6.21. The highest BCUT2D eigenvalue weighted by molar-refractivity contribution is 7.09. The van der Waals surface area contributed by atoms with Gasteiger partial charge < -0.3 is 15.2 Å². The summed E-state index contributed by atoms with van der Waals surface area (Å²) < 4.78 is 4.78.